The van der Waals surface area contributed by atoms with Crippen molar-refractivity contribution in [2.75, 3.05) is 13.1 Å². The Morgan fingerprint density at radius 1 is 1.43 bits per heavy atom. The fraction of sp³-hybridized carbons (Fsp3) is 0.533. The number of likely N-dealkylation sites (tertiary alicyclic amines) is 1. The third-order valence-electron chi connectivity index (χ3n) is 3.38. The quantitative estimate of drug-likeness (QED) is 0.866. The summed E-state index contributed by atoms with van der Waals surface area (Å²) < 4.78 is 19.3. The van der Waals surface area contributed by atoms with Gasteiger partial charge in [0.1, 0.15) is 11.4 Å². The van der Waals surface area contributed by atoms with Crippen molar-refractivity contribution in [3.63, 3.8) is 0 Å². The molecule has 1 heterocycles. The Bertz CT molecular complexity index is 545. The fourth-order valence-electron chi connectivity index (χ4n) is 2.44. The molecule has 0 spiro atoms. The van der Waals surface area contributed by atoms with Gasteiger partial charge in [-0.1, -0.05) is 17.7 Å². The van der Waals surface area contributed by atoms with E-state index in [-0.39, 0.29) is 12.0 Å². The van der Waals surface area contributed by atoms with Crippen molar-refractivity contribution in [1.29, 1.82) is 0 Å². The molecule has 1 amide bonds. The number of benzene rings is 1. The van der Waals surface area contributed by atoms with Gasteiger partial charge in [-0.3, -0.25) is 0 Å². The van der Waals surface area contributed by atoms with Crippen molar-refractivity contribution in [2.24, 2.45) is 5.73 Å². The molecule has 21 heavy (non-hydrogen) atoms. The molecule has 1 aliphatic heterocycles. The summed E-state index contributed by atoms with van der Waals surface area (Å²) in [6.07, 6.45) is -0.421. The van der Waals surface area contributed by atoms with Crippen LogP contribution in [0, 0.1) is 5.82 Å². The molecule has 0 radical (unpaired) electrons. The highest BCUT2D eigenvalue weighted by Crippen LogP contribution is 2.30. The Hall–Kier alpha value is -1.33. The zero-order chi connectivity index (χ0) is 15.8. The lowest BCUT2D eigenvalue weighted by molar-refractivity contribution is 0.0290. The monoisotopic (exact) mass is 314 g/mol. The first kappa shape index (κ1) is 16.0. The van der Waals surface area contributed by atoms with Gasteiger partial charge in [0.15, 0.2) is 0 Å². The Balaban J connectivity index is 2.12. The van der Waals surface area contributed by atoms with Crippen LogP contribution in [0.5, 0.6) is 0 Å². The molecule has 0 unspecified atom stereocenters. The van der Waals surface area contributed by atoms with Crippen molar-refractivity contribution in [1.82, 2.24) is 4.90 Å². The molecule has 2 N–H and O–H groups in total. The number of carbonyl (C=O) groups excluding carboxylic acids is 1. The maximum atomic E-state index is 14.0. The summed E-state index contributed by atoms with van der Waals surface area (Å²) in [6.45, 7) is 6.10. The number of rotatable bonds is 1. The van der Waals surface area contributed by atoms with Gasteiger partial charge >= 0.3 is 6.09 Å². The molecular formula is C15H20ClFN2O2. The second-order valence-corrected chi connectivity index (χ2v) is 6.76. The Labute approximate surface area is 129 Å². The molecular weight excluding hydrogens is 295 g/mol. The predicted octanol–water partition coefficient (Wildman–Crippen LogP) is 3.14. The van der Waals surface area contributed by atoms with E-state index in [1.165, 1.54) is 11.0 Å². The molecule has 1 fully saturated rings. The van der Waals surface area contributed by atoms with Gasteiger partial charge in [0.05, 0.1) is 0 Å². The van der Waals surface area contributed by atoms with Crippen LogP contribution in [-0.4, -0.2) is 35.7 Å². The Morgan fingerprint density at radius 2 is 2.10 bits per heavy atom. The number of nitrogens with two attached hydrogens (primary N) is 1. The Kier molecular flexibility index (Phi) is 4.44. The minimum absolute atomic E-state index is 0.255. The van der Waals surface area contributed by atoms with E-state index in [0.29, 0.717) is 23.7 Å². The number of ether oxygens (including phenoxy) is 1. The normalized spacial score (nSPS) is 22.5. The molecule has 1 aliphatic rings. The standard InChI is InChI=1S/C15H20ClFN2O2/c1-15(2,3)21-14(20)19-7-11(13(18)8-19)10-5-4-9(16)6-12(10)17/h4-6,11,13H,7-8,18H2,1-3H3/t11-,13+/m1/s1. The molecule has 116 valence electrons. The maximum absolute atomic E-state index is 14.0. The highest BCUT2D eigenvalue weighted by atomic mass is 35.5. The zero-order valence-electron chi connectivity index (χ0n) is 12.4. The largest absolute Gasteiger partial charge is 0.444 e. The van der Waals surface area contributed by atoms with E-state index in [1.54, 1.807) is 32.9 Å². The highest BCUT2D eigenvalue weighted by molar-refractivity contribution is 6.30. The van der Waals surface area contributed by atoms with Gasteiger partial charge in [0, 0.05) is 30.1 Å². The van der Waals surface area contributed by atoms with Crippen molar-refractivity contribution in [2.45, 2.75) is 38.3 Å². The van der Waals surface area contributed by atoms with Crippen LogP contribution in [0.1, 0.15) is 32.3 Å². The molecule has 0 aliphatic carbocycles. The lowest BCUT2D eigenvalue weighted by Crippen LogP contribution is -2.36. The van der Waals surface area contributed by atoms with Gasteiger partial charge in [0.2, 0.25) is 0 Å². The summed E-state index contributed by atoms with van der Waals surface area (Å²) in [7, 11) is 0. The molecule has 0 saturated carbocycles. The average molecular weight is 315 g/mol. The first-order chi connectivity index (χ1) is 9.67. The van der Waals surface area contributed by atoms with E-state index in [1.807, 2.05) is 0 Å². The van der Waals surface area contributed by atoms with Crippen molar-refractivity contribution < 1.29 is 13.9 Å². The van der Waals surface area contributed by atoms with Gasteiger partial charge in [0.25, 0.3) is 0 Å². The van der Waals surface area contributed by atoms with Gasteiger partial charge in [-0.25, -0.2) is 9.18 Å². The van der Waals surface area contributed by atoms with Crippen molar-refractivity contribution in [3.05, 3.63) is 34.6 Å². The topological polar surface area (TPSA) is 55.6 Å². The van der Waals surface area contributed by atoms with Crippen LogP contribution >= 0.6 is 11.6 Å². The summed E-state index contributed by atoms with van der Waals surface area (Å²) in [5.74, 6) is -0.649. The molecule has 4 nitrogen and oxygen atoms in total. The van der Waals surface area contributed by atoms with Crippen LogP contribution < -0.4 is 5.73 Å². The second-order valence-electron chi connectivity index (χ2n) is 6.32. The molecule has 1 aromatic carbocycles. The minimum atomic E-state index is -0.565. The van der Waals surface area contributed by atoms with E-state index < -0.39 is 17.5 Å². The average Bonchev–Trinajstić information content (AvgIpc) is 2.69. The summed E-state index contributed by atoms with van der Waals surface area (Å²) in [4.78, 5) is 13.6. The predicted molar refractivity (Wildman–Crippen MR) is 79.9 cm³/mol. The first-order valence-electron chi connectivity index (χ1n) is 6.86. The molecule has 6 heteroatoms. The lowest BCUT2D eigenvalue weighted by Gasteiger charge is -2.24. The molecule has 1 aromatic rings. The second kappa shape index (κ2) is 5.81. The first-order valence-corrected chi connectivity index (χ1v) is 7.23. The number of carbonyl (C=O) groups is 1. The molecule has 2 atom stereocenters. The number of hydrogen-bond donors (Lipinski definition) is 1. The molecule has 0 aromatic heterocycles. The number of nitrogens with zero attached hydrogens (tertiary/aromatic N) is 1. The van der Waals surface area contributed by atoms with Gasteiger partial charge in [-0.15, -0.1) is 0 Å². The van der Waals surface area contributed by atoms with E-state index in [0.717, 1.165) is 0 Å². The van der Waals surface area contributed by atoms with Crippen LogP contribution in [0.15, 0.2) is 18.2 Å². The van der Waals surface area contributed by atoms with Gasteiger partial charge < -0.3 is 15.4 Å². The summed E-state index contributed by atoms with van der Waals surface area (Å²) in [6, 6.07) is 4.19. The van der Waals surface area contributed by atoms with Crippen LogP contribution in [0.25, 0.3) is 0 Å². The SMILES string of the molecule is CC(C)(C)OC(=O)N1C[C@H](c2ccc(Cl)cc2F)[C@@H](N)C1. The Morgan fingerprint density at radius 3 is 2.67 bits per heavy atom. The molecule has 1 saturated heterocycles. The third kappa shape index (κ3) is 3.86. The zero-order valence-corrected chi connectivity index (χ0v) is 13.2. The van der Waals surface area contributed by atoms with Crippen LogP contribution in [0.4, 0.5) is 9.18 Å². The maximum Gasteiger partial charge on any atom is 0.410 e. The lowest BCUT2D eigenvalue weighted by atomic mass is 9.94. The van der Waals surface area contributed by atoms with Crippen LogP contribution in [0.2, 0.25) is 5.02 Å². The number of hydrogen-bond acceptors (Lipinski definition) is 3. The van der Waals surface area contributed by atoms with E-state index in [4.69, 9.17) is 22.1 Å². The van der Waals surface area contributed by atoms with E-state index in [9.17, 15) is 9.18 Å². The summed E-state index contributed by atoms with van der Waals surface area (Å²) in [5, 5.41) is 0.340. The molecule has 2 rings (SSSR count). The van der Waals surface area contributed by atoms with Crippen LogP contribution in [-0.2, 0) is 4.74 Å². The summed E-state index contributed by atoms with van der Waals surface area (Å²) >= 11 is 5.76. The van der Waals surface area contributed by atoms with Gasteiger partial charge in [-0.05, 0) is 38.5 Å². The van der Waals surface area contributed by atoms with Crippen molar-refractivity contribution in [3.8, 4) is 0 Å². The van der Waals surface area contributed by atoms with Crippen molar-refractivity contribution >= 4 is 17.7 Å². The molecule has 0 bridgehead atoms. The fourth-order valence-corrected chi connectivity index (χ4v) is 2.59. The van der Waals surface area contributed by atoms with E-state index in [2.05, 4.69) is 0 Å². The summed E-state index contributed by atoms with van der Waals surface area (Å²) in [5.41, 5.74) is 5.98. The smallest absolute Gasteiger partial charge is 0.410 e. The highest BCUT2D eigenvalue weighted by Gasteiger charge is 2.37. The number of halogens is 2. The minimum Gasteiger partial charge on any atom is -0.444 e. The third-order valence-corrected chi connectivity index (χ3v) is 3.61. The van der Waals surface area contributed by atoms with E-state index >= 15 is 0 Å². The van der Waals surface area contributed by atoms with Gasteiger partial charge in [-0.2, -0.15) is 0 Å². The number of amides is 1. The van der Waals surface area contributed by atoms with Crippen LogP contribution in [0.3, 0.4) is 0 Å².